The van der Waals surface area contributed by atoms with Crippen LogP contribution in [-0.2, 0) is 6.54 Å². The first-order chi connectivity index (χ1) is 13.5. The number of benzene rings is 1. The van der Waals surface area contributed by atoms with E-state index in [0.717, 1.165) is 18.5 Å². The summed E-state index contributed by atoms with van der Waals surface area (Å²) >= 11 is 0. The van der Waals surface area contributed by atoms with Crippen molar-refractivity contribution in [1.82, 2.24) is 25.3 Å². The second kappa shape index (κ2) is 8.47. The minimum Gasteiger partial charge on any atom is -0.379 e. The summed E-state index contributed by atoms with van der Waals surface area (Å²) < 4.78 is 0. The van der Waals surface area contributed by atoms with Crippen LogP contribution in [0.3, 0.4) is 0 Å². The fraction of sp³-hybridized carbons (Fsp3) is 0.316. The minimum atomic E-state index is -0.426. The molecule has 28 heavy (non-hydrogen) atoms. The number of amides is 1. The van der Waals surface area contributed by atoms with E-state index in [9.17, 15) is 9.59 Å². The zero-order valence-electron chi connectivity index (χ0n) is 15.8. The molecule has 0 saturated carbocycles. The summed E-state index contributed by atoms with van der Waals surface area (Å²) in [7, 11) is 0. The van der Waals surface area contributed by atoms with Crippen molar-refractivity contribution in [3.63, 3.8) is 0 Å². The van der Waals surface area contributed by atoms with Crippen molar-refractivity contribution in [2.75, 3.05) is 11.1 Å². The van der Waals surface area contributed by atoms with Crippen molar-refractivity contribution in [2.24, 2.45) is 0 Å². The molecule has 2 heterocycles. The number of nitrogens with zero attached hydrogens (tertiary/aromatic N) is 3. The third kappa shape index (κ3) is 4.61. The number of nitrogens with one attached hydrogen (secondary N) is 3. The van der Waals surface area contributed by atoms with Crippen LogP contribution in [0.25, 0.3) is 11.2 Å². The molecule has 3 aromatic rings. The van der Waals surface area contributed by atoms with Gasteiger partial charge in [-0.05, 0) is 37.6 Å². The molecule has 9 nitrogen and oxygen atoms in total. The fourth-order valence-corrected chi connectivity index (χ4v) is 2.80. The van der Waals surface area contributed by atoms with Gasteiger partial charge < -0.3 is 16.4 Å². The van der Waals surface area contributed by atoms with Gasteiger partial charge >= 0.3 is 0 Å². The van der Waals surface area contributed by atoms with Crippen molar-refractivity contribution >= 4 is 28.7 Å². The van der Waals surface area contributed by atoms with E-state index < -0.39 is 5.56 Å². The highest BCUT2D eigenvalue weighted by molar-refractivity contribution is 5.94. The largest absolute Gasteiger partial charge is 0.379 e. The van der Waals surface area contributed by atoms with E-state index in [-0.39, 0.29) is 29.1 Å². The van der Waals surface area contributed by atoms with Gasteiger partial charge in [0, 0.05) is 17.3 Å². The van der Waals surface area contributed by atoms with Gasteiger partial charge in [-0.25, -0.2) is 9.97 Å². The van der Waals surface area contributed by atoms with Crippen LogP contribution in [0.2, 0.25) is 0 Å². The Labute approximate surface area is 161 Å². The smallest absolute Gasteiger partial charge is 0.280 e. The van der Waals surface area contributed by atoms with Gasteiger partial charge in [0.05, 0.1) is 18.4 Å². The molecule has 0 saturated heterocycles. The molecule has 146 valence electrons. The van der Waals surface area contributed by atoms with Crippen LogP contribution in [0.15, 0.2) is 35.3 Å². The molecule has 1 aromatic carbocycles. The molecule has 5 N–H and O–H groups in total. The van der Waals surface area contributed by atoms with Gasteiger partial charge in [-0.1, -0.05) is 13.3 Å². The molecule has 1 atom stereocenters. The monoisotopic (exact) mass is 381 g/mol. The molecule has 9 heteroatoms. The highest BCUT2D eigenvalue weighted by Crippen LogP contribution is 2.12. The van der Waals surface area contributed by atoms with E-state index >= 15 is 0 Å². The van der Waals surface area contributed by atoms with Gasteiger partial charge in [-0.15, -0.1) is 0 Å². The van der Waals surface area contributed by atoms with Crippen molar-refractivity contribution in [1.29, 1.82) is 0 Å². The molecule has 1 amide bonds. The third-order valence-electron chi connectivity index (χ3n) is 4.21. The van der Waals surface area contributed by atoms with Gasteiger partial charge in [-0.3, -0.25) is 14.6 Å². The number of aromatic nitrogens is 4. The van der Waals surface area contributed by atoms with Crippen LogP contribution in [0.1, 0.15) is 42.7 Å². The van der Waals surface area contributed by atoms with Crippen molar-refractivity contribution < 1.29 is 4.79 Å². The molecule has 0 bridgehead atoms. The highest BCUT2D eigenvalue weighted by Gasteiger charge is 2.09. The average Bonchev–Trinajstić information content (AvgIpc) is 2.67. The minimum absolute atomic E-state index is 0.00545. The quantitative estimate of drug-likeness (QED) is 0.489. The Morgan fingerprint density at radius 2 is 2.00 bits per heavy atom. The normalized spacial score (nSPS) is 11.9. The van der Waals surface area contributed by atoms with Gasteiger partial charge in [0.2, 0.25) is 5.95 Å². The molecule has 0 spiro atoms. The Morgan fingerprint density at radius 3 is 2.71 bits per heavy atom. The lowest BCUT2D eigenvalue weighted by Gasteiger charge is -2.13. The number of H-pyrrole nitrogens is 1. The number of fused-ring (bicyclic) bond motifs is 1. The maximum absolute atomic E-state index is 12.2. The summed E-state index contributed by atoms with van der Waals surface area (Å²) in [4.78, 5) is 38.9. The molecule has 0 unspecified atom stereocenters. The van der Waals surface area contributed by atoms with Crippen LogP contribution >= 0.6 is 0 Å². The van der Waals surface area contributed by atoms with Crippen LogP contribution in [0, 0.1) is 0 Å². The van der Waals surface area contributed by atoms with Crippen molar-refractivity contribution in [3.8, 4) is 0 Å². The maximum Gasteiger partial charge on any atom is 0.280 e. The molecule has 0 aliphatic rings. The van der Waals surface area contributed by atoms with E-state index in [1.807, 2.05) is 19.1 Å². The van der Waals surface area contributed by atoms with Gasteiger partial charge in [-0.2, -0.15) is 4.98 Å². The fourth-order valence-electron chi connectivity index (χ4n) is 2.80. The standard InChI is InChI=1S/C19H23N7O2/c1-3-4-11(2)23-17(27)12-5-7-13(8-6-12)21-9-14-10-22-16-15(24-14)18(28)26-19(20)25-16/h5-8,10-11,21H,3-4,9H2,1-2H3,(H,23,27)(H3,20,22,25,26,28)/t11-/m1/s1. The Bertz CT molecular complexity index is 1030. The lowest BCUT2D eigenvalue weighted by molar-refractivity contribution is 0.0938. The van der Waals surface area contributed by atoms with Crippen LogP contribution in [0.5, 0.6) is 0 Å². The van der Waals surface area contributed by atoms with E-state index in [0.29, 0.717) is 17.8 Å². The Kier molecular flexibility index (Phi) is 5.83. The van der Waals surface area contributed by atoms with Crippen molar-refractivity contribution in [3.05, 3.63) is 52.1 Å². The summed E-state index contributed by atoms with van der Waals surface area (Å²) in [6.07, 6.45) is 3.51. The van der Waals surface area contributed by atoms with Crippen molar-refractivity contribution in [2.45, 2.75) is 39.3 Å². The Balaban J connectivity index is 1.64. The van der Waals surface area contributed by atoms with Crippen LogP contribution < -0.4 is 21.9 Å². The number of rotatable bonds is 7. The number of hydrogen-bond donors (Lipinski definition) is 4. The molecular formula is C19H23N7O2. The van der Waals surface area contributed by atoms with Gasteiger partial charge in [0.25, 0.3) is 11.5 Å². The SMILES string of the molecule is CCC[C@@H](C)NC(=O)c1ccc(NCc2cnc3nc(N)[nH]c(=O)c3n2)cc1. The predicted octanol–water partition coefficient (Wildman–Crippen LogP) is 1.83. The number of nitrogen functional groups attached to an aromatic ring is 1. The first kappa shape index (κ1) is 19.3. The average molecular weight is 381 g/mol. The second-order valence-corrected chi connectivity index (χ2v) is 6.58. The molecule has 0 aliphatic carbocycles. The summed E-state index contributed by atoms with van der Waals surface area (Å²) in [5.41, 5.74) is 7.43. The molecule has 0 fully saturated rings. The predicted molar refractivity (Wildman–Crippen MR) is 108 cm³/mol. The number of hydrogen-bond acceptors (Lipinski definition) is 7. The number of nitrogens with two attached hydrogens (primary N) is 1. The van der Waals surface area contributed by atoms with Gasteiger partial charge in [0.1, 0.15) is 0 Å². The summed E-state index contributed by atoms with van der Waals surface area (Å²) in [6.45, 7) is 4.45. The highest BCUT2D eigenvalue weighted by atomic mass is 16.1. The van der Waals surface area contributed by atoms with E-state index in [1.165, 1.54) is 6.20 Å². The molecule has 3 rings (SSSR count). The lowest BCUT2D eigenvalue weighted by atomic mass is 10.1. The van der Waals surface area contributed by atoms with E-state index in [4.69, 9.17) is 5.73 Å². The zero-order chi connectivity index (χ0) is 20.1. The van der Waals surface area contributed by atoms with Crippen LogP contribution in [0.4, 0.5) is 11.6 Å². The molecule has 0 aliphatic heterocycles. The summed E-state index contributed by atoms with van der Waals surface area (Å²) in [6, 6.07) is 7.32. The Hall–Kier alpha value is -3.49. The topological polar surface area (TPSA) is 139 Å². The van der Waals surface area contributed by atoms with Gasteiger partial charge in [0.15, 0.2) is 11.2 Å². The summed E-state index contributed by atoms with van der Waals surface area (Å²) in [5.74, 6) is -0.0789. The van der Waals surface area contributed by atoms with E-state index in [1.54, 1.807) is 12.1 Å². The number of carbonyl (C=O) groups excluding carboxylic acids is 1. The Morgan fingerprint density at radius 1 is 1.25 bits per heavy atom. The number of aromatic amines is 1. The molecular weight excluding hydrogens is 358 g/mol. The summed E-state index contributed by atoms with van der Waals surface area (Å²) in [5, 5.41) is 6.17. The van der Waals surface area contributed by atoms with E-state index in [2.05, 4.69) is 37.5 Å². The molecule has 0 radical (unpaired) electrons. The second-order valence-electron chi connectivity index (χ2n) is 6.58. The maximum atomic E-state index is 12.2. The number of carbonyl (C=O) groups is 1. The number of anilines is 2. The molecule has 2 aromatic heterocycles. The third-order valence-corrected chi connectivity index (χ3v) is 4.21. The van der Waals surface area contributed by atoms with Crippen LogP contribution in [-0.4, -0.2) is 31.9 Å². The zero-order valence-corrected chi connectivity index (χ0v) is 15.8. The first-order valence-electron chi connectivity index (χ1n) is 9.12. The first-order valence-corrected chi connectivity index (χ1v) is 9.12. The lowest BCUT2D eigenvalue weighted by Crippen LogP contribution is -2.32.